The third-order valence-electron chi connectivity index (χ3n) is 2.88. The summed E-state index contributed by atoms with van der Waals surface area (Å²) in [6.45, 7) is 3.52. The Balaban J connectivity index is 2.11. The van der Waals surface area contributed by atoms with Crippen LogP contribution in [0.2, 0.25) is 0 Å². The zero-order valence-corrected chi connectivity index (χ0v) is 9.29. The van der Waals surface area contributed by atoms with Crippen molar-refractivity contribution in [2.45, 2.75) is 19.4 Å². The lowest BCUT2D eigenvalue weighted by molar-refractivity contribution is 0.0937. The Hall–Kier alpha value is -1.55. The first-order valence-electron chi connectivity index (χ1n) is 5.48. The summed E-state index contributed by atoms with van der Waals surface area (Å²) in [7, 11) is 0. The van der Waals surface area contributed by atoms with Gasteiger partial charge in [-0.25, -0.2) is 0 Å². The van der Waals surface area contributed by atoms with Gasteiger partial charge in [-0.15, -0.1) is 0 Å². The summed E-state index contributed by atoms with van der Waals surface area (Å²) >= 11 is 0. The zero-order chi connectivity index (χ0) is 11.5. The molecule has 1 amide bonds. The van der Waals surface area contributed by atoms with Gasteiger partial charge in [-0.1, -0.05) is 12.1 Å². The number of hydrogen-bond donors (Lipinski definition) is 3. The minimum atomic E-state index is -0.199. The fourth-order valence-corrected chi connectivity index (χ4v) is 1.88. The maximum absolute atomic E-state index is 11.9. The Bertz CT molecular complexity index is 398. The normalized spacial score (nSPS) is 19.7. The number of carbonyl (C=O) groups excluding carboxylic acids is 1. The molecule has 1 aliphatic heterocycles. The fourth-order valence-electron chi connectivity index (χ4n) is 1.88. The fraction of sp³-hybridized carbons (Fsp3) is 0.417. The molecule has 1 atom stereocenters. The van der Waals surface area contributed by atoms with E-state index in [1.165, 1.54) is 0 Å². The van der Waals surface area contributed by atoms with Gasteiger partial charge in [0.2, 0.25) is 0 Å². The second kappa shape index (κ2) is 4.53. The van der Waals surface area contributed by atoms with Crippen molar-refractivity contribution in [2.24, 2.45) is 0 Å². The average molecular weight is 220 g/mol. The molecule has 0 radical (unpaired) electrons. The number of phenols is 1. The number of aryl methyl sites for hydroxylation is 1. The van der Waals surface area contributed by atoms with E-state index >= 15 is 0 Å². The van der Waals surface area contributed by atoms with Crippen LogP contribution in [0.4, 0.5) is 0 Å². The number of phenolic OH excluding ortho intramolecular Hbond substituents is 1. The molecule has 0 spiro atoms. The standard InChI is InChI=1S/C12H16N2O2/c1-8-3-2-4-10(11(8)15)12(16)14-9-5-6-13-7-9/h2-4,9,13,15H,5-7H2,1H3,(H,14,16)/t9-/m1/s1. The van der Waals surface area contributed by atoms with Crippen LogP contribution < -0.4 is 10.6 Å². The largest absolute Gasteiger partial charge is 0.507 e. The van der Waals surface area contributed by atoms with Crippen LogP contribution in [-0.2, 0) is 0 Å². The Morgan fingerprint density at radius 2 is 2.38 bits per heavy atom. The number of aromatic hydroxyl groups is 1. The molecule has 0 bridgehead atoms. The molecule has 1 aliphatic rings. The van der Waals surface area contributed by atoms with Crippen LogP contribution in [0.3, 0.4) is 0 Å². The van der Waals surface area contributed by atoms with Gasteiger partial charge in [0.05, 0.1) is 5.56 Å². The van der Waals surface area contributed by atoms with E-state index in [2.05, 4.69) is 10.6 Å². The highest BCUT2D eigenvalue weighted by Gasteiger charge is 2.19. The highest BCUT2D eigenvalue weighted by Crippen LogP contribution is 2.21. The van der Waals surface area contributed by atoms with Crippen LogP contribution in [0.1, 0.15) is 22.3 Å². The van der Waals surface area contributed by atoms with Crippen molar-refractivity contribution in [3.8, 4) is 5.75 Å². The summed E-state index contributed by atoms with van der Waals surface area (Å²) < 4.78 is 0. The number of nitrogens with one attached hydrogen (secondary N) is 2. The molecule has 86 valence electrons. The number of para-hydroxylation sites is 1. The summed E-state index contributed by atoms with van der Waals surface area (Å²) in [5, 5.41) is 15.8. The first kappa shape index (κ1) is 11.0. The van der Waals surface area contributed by atoms with Gasteiger partial charge in [0, 0.05) is 12.6 Å². The maximum atomic E-state index is 11.9. The van der Waals surface area contributed by atoms with E-state index in [9.17, 15) is 9.90 Å². The Kier molecular flexibility index (Phi) is 3.10. The molecule has 0 aliphatic carbocycles. The summed E-state index contributed by atoms with van der Waals surface area (Å²) in [6.07, 6.45) is 0.943. The smallest absolute Gasteiger partial charge is 0.255 e. The molecule has 1 aromatic rings. The van der Waals surface area contributed by atoms with E-state index in [-0.39, 0.29) is 17.7 Å². The zero-order valence-electron chi connectivity index (χ0n) is 9.29. The highest BCUT2D eigenvalue weighted by atomic mass is 16.3. The van der Waals surface area contributed by atoms with Gasteiger partial charge in [-0.2, -0.15) is 0 Å². The van der Waals surface area contributed by atoms with Crippen molar-refractivity contribution >= 4 is 5.91 Å². The summed E-state index contributed by atoms with van der Waals surface area (Å²) in [6, 6.07) is 5.37. The van der Waals surface area contributed by atoms with Crippen molar-refractivity contribution in [3.05, 3.63) is 29.3 Å². The van der Waals surface area contributed by atoms with E-state index in [1.54, 1.807) is 25.1 Å². The van der Waals surface area contributed by atoms with Gasteiger partial charge in [0.15, 0.2) is 0 Å². The highest BCUT2D eigenvalue weighted by molar-refractivity contribution is 5.97. The van der Waals surface area contributed by atoms with E-state index in [0.717, 1.165) is 25.1 Å². The number of amides is 1. The minimum Gasteiger partial charge on any atom is -0.507 e. The molecule has 4 heteroatoms. The first-order chi connectivity index (χ1) is 7.68. The second-order valence-corrected chi connectivity index (χ2v) is 4.13. The van der Waals surface area contributed by atoms with Gasteiger partial charge in [0.25, 0.3) is 5.91 Å². The molecule has 1 aromatic carbocycles. The van der Waals surface area contributed by atoms with E-state index in [4.69, 9.17) is 0 Å². The predicted molar refractivity (Wildman–Crippen MR) is 61.6 cm³/mol. The third-order valence-corrected chi connectivity index (χ3v) is 2.88. The molecule has 1 heterocycles. The third kappa shape index (κ3) is 2.17. The van der Waals surface area contributed by atoms with Crippen LogP contribution >= 0.6 is 0 Å². The number of carbonyl (C=O) groups is 1. The van der Waals surface area contributed by atoms with Crippen molar-refractivity contribution in [2.75, 3.05) is 13.1 Å². The summed E-state index contributed by atoms with van der Waals surface area (Å²) in [5.41, 5.74) is 1.07. The van der Waals surface area contributed by atoms with E-state index in [1.807, 2.05) is 0 Å². The van der Waals surface area contributed by atoms with Gasteiger partial charge in [-0.3, -0.25) is 4.79 Å². The Morgan fingerprint density at radius 3 is 3.06 bits per heavy atom. The lowest BCUT2D eigenvalue weighted by atomic mass is 10.1. The molecule has 1 fully saturated rings. The minimum absolute atomic E-state index is 0.0750. The molecule has 0 saturated carbocycles. The molecule has 1 saturated heterocycles. The molecule has 0 aromatic heterocycles. The van der Waals surface area contributed by atoms with Gasteiger partial charge in [0.1, 0.15) is 5.75 Å². The maximum Gasteiger partial charge on any atom is 0.255 e. The molecule has 0 unspecified atom stereocenters. The van der Waals surface area contributed by atoms with Crippen molar-refractivity contribution < 1.29 is 9.90 Å². The lowest BCUT2D eigenvalue weighted by Crippen LogP contribution is -2.36. The summed E-state index contributed by atoms with van der Waals surface area (Å²) in [4.78, 5) is 11.9. The van der Waals surface area contributed by atoms with E-state index in [0.29, 0.717) is 5.56 Å². The van der Waals surface area contributed by atoms with Crippen LogP contribution in [0.25, 0.3) is 0 Å². The quantitative estimate of drug-likeness (QED) is 0.690. The molecular weight excluding hydrogens is 204 g/mol. The van der Waals surface area contributed by atoms with Crippen LogP contribution in [-0.4, -0.2) is 30.1 Å². The SMILES string of the molecule is Cc1cccc(C(=O)N[C@@H]2CCNC2)c1O. The van der Waals surface area contributed by atoms with Gasteiger partial charge in [-0.05, 0) is 31.5 Å². The van der Waals surface area contributed by atoms with Crippen LogP contribution in [0.5, 0.6) is 5.75 Å². The van der Waals surface area contributed by atoms with Crippen molar-refractivity contribution in [1.29, 1.82) is 0 Å². The second-order valence-electron chi connectivity index (χ2n) is 4.13. The number of hydrogen-bond acceptors (Lipinski definition) is 3. The first-order valence-corrected chi connectivity index (χ1v) is 5.48. The number of rotatable bonds is 2. The van der Waals surface area contributed by atoms with Gasteiger partial charge >= 0.3 is 0 Å². The monoisotopic (exact) mass is 220 g/mol. The topological polar surface area (TPSA) is 61.4 Å². The average Bonchev–Trinajstić information content (AvgIpc) is 2.74. The molecule has 3 N–H and O–H groups in total. The summed E-state index contributed by atoms with van der Waals surface area (Å²) in [5.74, 6) is -0.124. The molecular formula is C12H16N2O2. The Labute approximate surface area is 94.7 Å². The van der Waals surface area contributed by atoms with Gasteiger partial charge < -0.3 is 15.7 Å². The molecule has 2 rings (SSSR count). The molecule has 16 heavy (non-hydrogen) atoms. The van der Waals surface area contributed by atoms with Crippen LogP contribution in [0.15, 0.2) is 18.2 Å². The predicted octanol–water partition coefficient (Wildman–Crippen LogP) is 0.792. The van der Waals surface area contributed by atoms with Crippen molar-refractivity contribution in [3.63, 3.8) is 0 Å². The van der Waals surface area contributed by atoms with E-state index < -0.39 is 0 Å². The molecule has 4 nitrogen and oxygen atoms in total. The lowest BCUT2D eigenvalue weighted by Gasteiger charge is -2.12. The Morgan fingerprint density at radius 1 is 1.56 bits per heavy atom. The number of benzene rings is 1. The van der Waals surface area contributed by atoms with Crippen molar-refractivity contribution in [1.82, 2.24) is 10.6 Å². The van der Waals surface area contributed by atoms with Crippen LogP contribution in [0, 0.1) is 6.92 Å².